The number of anilines is 1. The maximum Gasteiger partial charge on any atom is 0.481 e. The molecule has 2 fully saturated rings. The first-order valence-corrected chi connectivity index (χ1v) is 29.4. The van der Waals surface area contributed by atoms with Gasteiger partial charge >= 0.3 is 33.3 Å². The van der Waals surface area contributed by atoms with Gasteiger partial charge < -0.3 is 50.2 Å². The number of carbonyl (C=O) groups is 3. The predicted octanol–water partition coefficient (Wildman–Crippen LogP) is 7.70. The standard InChI is InChI=1S/C52H83N3O18P2/c1-3-5-7-8-9-10-11-12-13-14-15-16-17-18-19-20-26-30-48(60)71-40-36-68-47(59)29-25-22-21-24-28-42-44(58)35-43(57)41(32-31-39(56)27-23-6-4-2)49(61)50(62)45(38-70-75(66,67)73-74(64,65)69-37-40)72-51(42)55-34-33-46(53)54-52(55)63/h5,7,9-10,12-13,15-16,31-34,39-42,44-45,49-51,56,58,61-62H,3-4,6,8,11,14,17-30,35-38H2,1-2H3,(H,64,65)(H,66,67)(H2,53,54,63)/b7-5-,10-9-,13-12-,16-15-,32-31+/t39-,40+,41-,42-,44-,45+,49-,50+,51+/m0/s1. The van der Waals surface area contributed by atoms with Gasteiger partial charge in [0, 0.05) is 31.4 Å². The monoisotopic (exact) mass is 1100 g/mol. The van der Waals surface area contributed by atoms with E-state index >= 15 is 0 Å². The molecule has 23 heteroatoms. The number of unbranched alkanes of at least 4 members (excludes halogenated alkanes) is 6. The average molecular weight is 1100 g/mol. The lowest BCUT2D eigenvalue weighted by Crippen LogP contribution is -2.51. The molecule has 0 aromatic carbocycles. The van der Waals surface area contributed by atoms with E-state index in [1.165, 1.54) is 24.4 Å². The van der Waals surface area contributed by atoms with E-state index in [0.717, 1.165) is 62.4 Å². The molecule has 75 heavy (non-hydrogen) atoms. The van der Waals surface area contributed by atoms with E-state index in [9.17, 15) is 58.5 Å². The van der Waals surface area contributed by atoms with Crippen molar-refractivity contribution in [3.8, 4) is 0 Å². The molecule has 0 saturated carbocycles. The second kappa shape index (κ2) is 36.2. The molecule has 21 nitrogen and oxygen atoms in total. The third-order valence-corrected chi connectivity index (χ3v) is 15.1. The summed E-state index contributed by atoms with van der Waals surface area (Å²) in [6.45, 7) is 1.33. The molecule has 424 valence electrons. The molecule has 0 radical (unpaired) electrons. The topological polar surface area (TPSA) is 323 Å². The molecular formula is C52H83N3O18P2. The highest BCUT2D eigenvalue weighted by atomic mass is 31.3. The molecular weight excluding hydrogens is 1020 g/mol. The molecule has 2 aliphatic rings. The largest absolute Gasteiger partial charge is 0.481 e. The lowest BCUT2D eigenvalue weighted by atomic mass is 9.83. The number of nitrogens with two attached hydrogens (primary N) is 1. The molecule has 3 heterocycles. The zero-order valence-corrected chi connectivity index (χ0v) is 45.3. The van der Waals surface area contributed by atoms with Crippen LogP contribution in [0.3, 0.4) is 0 Å². The predicted molar refractivity (Wildman–Crippen MR) is 280 cm³/mol. The first-order chi connectivity index (χ1) is 35.9. The molecule has 1 aromatic heterocycles. The maximum absolute atomic E-state index is 14.0. The zero-order valence-electron chi connectivity index (χ0n) is 43.5. The second-order valence-electron chi connectivity index (χ2n) is 18.8. The van der Waals surface area contributed by atoms with Crippen LogP contribution in [0.25, 0.3) is 0 Å². The number of phosphoric ester groups is 2. The number of hydrogen-bond acceptors (Lipinski definition) is 18. The van der Waals surface area contributed by atoms with Crippen molar-refractivity contribution < 1.29 is 81.3 Å². The van der Waals surface area contributed by atoms with Crippen LogP contribution >= 0.6 is 15.6 Å². The smallest absolute Gasteiger partial charge is 0.462 e. The minimum atomic E-state index is -5.72. The number of esters is 2. The highest BCUT2D eigenvalue weighted by Gasteiger charge is 2.45. The fourth-order valence-corrected chi connectivity index (χ4v) is 10.4. The van der Waals surface area contributed by atoms with Crippen molar-refractivity contribution in [2.24, 2.45) is 11.8 Å². The summed E-state index contributed by atoms with van der Waals surface area (Å²) in [7, 11) is -11.3. The van der Waals surface area contributed by atoms with Gasteiger partial charge in [0.1, 0.15) is 36.6 Å². The van der Waals surface area contributed by atoms with Gasteiger partial charge in [-0.25, -0.2) is 13.9 Å². The van der Waals surface area contributed by atoms with Gasteiger partial charge in [-0.15, -0.1) is 0 Å². The van der Waals surface area contributed by atoms with Crippen molar-refractivity contribution in [1.82, 2.24) is 9.55 Å². The number of aromatic nitrogens is 2. The van der Waals surface area contributed by atoms with Gasteiger partial charge in [-0.2, -0.15) is 9.29 Å². The number of fused-ring (bicyclic) bond motifs is 3. The van der Waals surface area contributed by atoms with Gasteiger partial charge in [-0.05, 0) is 70.3 Å². The molecule has 11 atom stereocenters. The van der Waals surface area contributed by atoms with Crippen molar-refractivity contribution in [3.63, 3.8) is 0 Å². The normalized spacial score (nSPS) is 29.3. The first kappa shape index (κ1) is 65.3. The number of hydrogen-bond donors (Lipinski definition) is 7. The molecule has 0 amide bonds. The summed E-state index contributed by atoms with van der Waals surface area (Å²) in [5, 5.41) is 45.8. The van der Waals surface area contributed by atoms with Gasteiger partial charge in [0.25, 0.3) is 0 Å². The summed E-state index contributed by atoms with van der Waals surface area (Å²) in [5.74, 6) is -5.10. The van der Waals surface area contributed by atoms with Gasteiger partial charge in [0.15, 0.2) is 6.10 Å². The van der Waals surface area contributed by atoms with Gasteiger partial charge in [0.2, 0.25) is 0 Å². The molecule has 8 N–H and O–H groups in total. The molecule has 2 aliphatic heterocycles. The van der Waals surface area contributed by atoms with E-state index in [-0.39, 0.29) is 25.1 Å². The summed E-state index contributed by atoms with van der Waals surface area (Å²) >= 11 is 0. The number of aliphatic hydroxyl groups is 4. The molecule has 0 spiro atoms. The Bertz CT molecular complexity index is 2170. The van der Waals surface area contributed by atoms with Crippen LogP contribution in [0.1, 0.15) is 155 Å². The number of carbonyl (C=O) groups excluding carboxylic acids is 3. The number of Topliss-reactive ketones (excluding diaryl/α,β-unsaturated/α-hetero) is 1. The van der Waals surface area contributed by atoms with E-state index in [4.69, 9.17) is 29.0 Å². The van der Waals surface area contributed by atoms with E-state index in [1.807, 2.05) is 6.92 Å². The molecule has 3 rings (SSSR count). The third kappa shape index (κ3) is 26.8. The summed E-state index contributed by atoms with van der Waals surface area (Å²) in [4.78, 5) is 78.3. The lowest BCUT2D eigenvalue weighted by molar-refractivity contribution is -0.188. The number of rotatable bonds is 22. The minimum absolute atomic E-state index is 0.0282. The number of phosphoric acid groups is 2. The van der Waals surface area contributed by atoms with E-state index in [2.05, 4.69) is 64.8 Å². The second-order valence-corrected chi connectivity index (χ2v) is 21.8. The Kier molecular flexibility index (Phi) is 31.5. The molecule has 2 saturated heterocycles. The van der Waals surface area contributed by atoms with E-state index in [1.54, 1.807) is 0 Å². The zero-order chi connectivity index (χ0) is 55.1. The van der Waals surface area contributed by atoms with Crippen LogP contribution < -0.4 is 11.4 Å². The quantitative estimate of drug-likeness (QED) is 0.0253. The Morgan fingerprint density at radius 3 is 2.17 bits per heavy atom. The molecule has 2 unspecified atom stereocenters. The van der Waals surface area contributed by atoms with Crippen LogP contribution in [0.4, 0.5) is 5.82 Å². The average Bonchev–Trinajstić information content (AvgIpc) is 3.35. The van der Waals surface area contributed by atoms with Crippen molar-refractivity contribution >= 4 is 39.2 Å². The molecule has 2 bridgehead atoms. The molecule has 1 aromatic rings. The Morgan fingerprint density at radius 1 is 0.840 bits per heavy atom. The maximum atomic E-state index is 14.0. The minimum Gasteiger partial charge on any atom is -0.462 e. The van der Waals surface area contributed by atoms with Gasteiger partial charge in [-0.3, -0.25) is 28.0 Å². The van der Waals surface area contributed by atoms with Crippen LogP contribution in [-0.2, 0) is 51.1 Å². The lowest BCUT2D eigenvalue weighted by Gasteiger charge is -2.39. The highest BCUT2D eigenvalue weighted by Crippen LogP contribution is 2.60. The van der Waals surface area contributed by atoms with Crippen molar-refractivity contribution in [1.29, 1.82) is 0 Å². The fourth-order valence-electron chi connectivity index (χ4n) is 8.33. The number of allylic oxidation sites excluding steroid dienone is 8. The number of ether oxygens (including phenoxy) is 3. The van der Waals surface area contributed by atoms with Gasteiger partial charge in [0.05, 0.1) is 37.4 Å². The Balaban J connectivity index is 1.77. The van der Waals surface area contributed by atoms with Crippen LogP contribution in [0.5, 0.6) is 0 Å². The van der Waals surface area contributed by atoms with Crippen molar-refractivity contribution in [3.05, 3.63) is 83.5 Å². The van der Waals surface area contributed by atoms with E-state index in [0.29, 0.717) is 51.4 Å². The summed E-state index contributed by atoms with van der Waals surface area (Å²) in [6.07, 6.45) is 19.9. The van der Waals surface area contributed by atoms with Crippen LogP contribution in [0, 0.1) is 11.8 Å². The van der Waals surface area contributed by atoms with Crippen LogP contribution in [0.15, 0.2) is 77.8 Å². The number of aliphatic hydroxyl groups excluding tert-OH is 4. The van der Waals surface area contributed by atoms with E-state index < -0.39 is 120 Å². The Hall–Kier alpha value is -3.95. The van der Waals surface area contributed by atoms with Gasteiger partial charge in [-0.1, -0.05) is 126 Å². The van der Waals surface area contributed by atoms with Crippen molar-refractivity contribution in [2.45, 2.75) is 192 Å². The number of cyclic esters (lactones) is 1. The number of nitrogens with zero attached hydrogens (tertiary/aromatic N) is 2. The highest BCUT2D eigenvalue weighted by molar-refractivity contribution is 7.61. The summed E-state index contributed by atoms with van der Waals surface area (Å²) in [6, 6.07) is 1.24. The first-order valence-electron chi connectivity index (χ1n) is 26.4. The third-order valence-electron chi connectivity index (χ3n) is 12.5. The summed E-state index contributed by atoms with van der Waals surface area (Å²) in [5.41, 5.74) is 4.78. The fraction of sp³-hybridized carbons (Fsp3) is 0.673. The SMILES string of the molecule is CC/C=C\C/C=C\C/C=C\C/C=C\CCCCCCC(=O)O[C@@H]1COC(=O)CCCCCC[C@@H]2[C@H](n3ccc(N)nc3=O)O[C@H](COP(=O)(O)OP(=O)(O)OC1)[C@@H](O)[C@@H](O)[C@@H](/C=C/[C@@H](O)CCCCC)C(=O)C[C@@H]2O. The summed E-state index contributed by atoms with van der Waals surface area (Å²) < 4.78 is 59.1. The Labute approximate surface area is 441 Å². The van der Waals surface area contributed by atoms with Crippen LogP contribution in [-0.4, -0.2) is 114 Å². The number of nitrogen functional groups attached to an aromatic ring is 1. The van der Waals surface area contributed by atoms with Crippen molar-refractivity contribution in [2.75, 3.05) is 25.6 Å². The number of ketones is 1. The van der Waals surface area contributed by atoms with Crippen LogP contribution in [0.2, 0.25) is 0 Å². The Morgan fingerprint density at radius 2 is 1.49 bits per heavy atom. The molecule has 0 aliphatic carbocycles.